The number of aldehydes is 1. The topological polar surface area (TPSA) is 105 Å². The number of anilines is 1. The van der Waals surface area contributed by atoms with Crippen LogP contribution in [0.5, 0.6) is 5.75 Å². The lowest BCUT2D eigenvalue weighted by Crippen LogP contribution is -2.22. The summed E-state index contributed by atoms with van der Waals surface area (Å²) in [4.78, 5) is 30.6. The number of aryl methyl sites for hydroxylation is 2. The van der Waals surface area contributed by atoms with Crippen LogP contribution in [0.3, 0.4) is 0 Å². The van der Waals surface area contributed by atoms with Crippen molar-refractivity contribution in [2.75, 3.05) is 12.8 Å². The maximum atomic E-state index is 13.4. The second-order valence-electron chi connectivity index (χ2n) is 8.42. The van der Waals surface area contributed by atoms with Crippen molar-refractivity contribution in [3.63, 3.8) is 0 Å². The van der Waals surface area contributed by atoms with Crippen LogP contribution in [0.25, 0.3) is 22.5 Å². The van der Waals surface area contributed by atoms with Crippen molar-refractivity contribution in [1.82, 2.24) is 19.1 Å². The molecule has 0 aliphatic heterocycles. The fourth-order valence-electron chi connectivity index (χ4n) is 3.23. The van der Waals surface area contributed by atoms with Gasteiger partial charge in [-0.2, -0.15) is 0 Å². The summed E-state index contributed by atoms with van der Waals surface area (Å²) in [6.45, 7) is 12.0. The molecule has 0 radical (unpaired) electrons. The average Bonchev–Trinajstić information content (AvgIpc) is 3.13. The van der Waals surface area contributed by atoms with Crippen LogP contribution >= 0.6 is 0 Å². The number of benzene rings is 2. The van der Waals surface area contributed by atoms with Crippen LogP contribution in [0.4, 0.5) is 5.82 Å². The second-order valence-corrected chi connectivity index (χ2v) is 8.42. The number of hydrogen-bond acceptors (Lipinski definition) is 6. The van der Waals surface area contributed by atoms with Crippen LogP contribution < -0.4 is 16.2 Å². The van der Waals surface area contributed by atoms with Gasteiger partial charge in [-0.25, -0.2) is 19.3 Å². The predicted octanol–water partition coefficient (Wildman–Crippen LogP) is 5.04. The van der Waals surface area contributed by atoms with Crippen molar-refractivity contribution in [1.29, 1.82) is 0 Å². The van der Waals surface area contributed by atoms with Gasteiger partial charge in [0, 0.05) is 6.07 Å². The van der Waals surface area contributed by atoms with Gasteiger partial charge in [0.25, 0.3) is 0 Å². The number of rotatable bonds is 4. The molecule has 0 amide bonds. The highest BCUT2D eigenvalue weighted by atomic mass is 16.5. The van der Waals surface area contributed by atoms with Crippen molar-refractivity contribution >= 4 is 23.3 Å². The Balaban J connectivity index is 0.000000473. The lowest BCUT2D eigenvalue weighted by Gasteiger charge is -2.09. The predicted molar refractivity (Wildman–Crippen MR) is 142 cm³/mol. The molecule has 35 heavy (non-hydrogen) atoms. The zero-order valence-electron chi connectivity index (χ0n) is 21.6. The quantitative estimate of drug-likeness (QED) is 0.413. The van der Waals surface area contributed by atoms with Crippen molar-refractivity contribution < 1.29 is 9.53 Å². The van der Waals surface area contributed by atoms with Crippen LogP contribution in [0.15, 0.2) is 53.6 Å². The summed E-state index contributed by atoms with van der Waals surface area (Å²) >= 11 is 0. The lowest BCUT2D eigenvalue weighted by atomic mass is 10.2. The Bertz CT molecular complexity index is 1340. The number of imidazole rings is 1. The summed E-state index contributed by atoms with van der Waals surface area (Å²) in [5, 5.41) is 0. The molecule has 0 atom stereocenters. The van der Waals surface area contributed by atoms with Crippen molar-refractivity contribution in [2.45, 2.75) is 48.0 Å². The van der Waals surface area contributed by atoms with Gasteiger partial charge in [0.15, 0.2) is 11.5 Å². The van der Waals surface area contributed by atoms with Crippen LogP contribution in [0.2, 0.25) is 0 Å². The monoisotopic (exact) mass is 477 g/mol. The van der Waals surface area contributed by atoms with Crippen LogP contribution in [-0.4, -0.2) is 32.5 Å². The fraction of sp³-hybridized carbons (Fsp3) is 0.333. The highest BCUT2D eigenvalue weighted by Crippen LogP contribution is 2.26. The van der Waals surface area contributed by atoms with E-state index in [0.29, 0.717) is 22.6 Å². The molecule has 186 valence electrons. The zero-order chi connectivity index (χ0) is 26.1. The number of nitrogens with zero attached hydrogens (tertiary/aromatic N) is 4. The molecular weight excluding hydrogens is 442 g/mol. The number of aromatic nitrogens is 4. The number of fused-ring (bicyclic) bond motifs is 1. The number of ether oxygens (including phenoxy) is 1. The molecule has 4 aromatic rings. The molecule has 0 spiro atoms. The summed E-state index contributed by atoms with van der Waals surface area (Å²) in [5.41, 5.74) is 10.2. The minimum Gasteiger partial charge on any atom is -0.496 e. The summed E-state index contributed by atoms with van der Waals surface area (Å²) in [6.07, 6.45) is 3.42. The third-order valence-electron chi connectivity index (χ3n) is 5.38. The maximum Gasteiger partial charge on any atom is 0.339 e. The van der Waals surface area contributed by atoms with Gasteiger partial charge in [-0.1, -0.05) is 45.4 Å². The standard InChI is InChI=1S/C20H19N5O2.C5H12.C2H4O/c1-12-5-4-6-14(9-12)25-19-17(18(21)22-11-23-19)24(20(25)26)15-8-7-13(2)16(10-15)27-3;1-4-5(2)3;1-2-3/h4-11H,1-3H3,(H2,21,22,23);5H,4H2,1-3H3;2H,1H3. The number of carbonyl (C=O) groups excluding carboxylic acids is 1. The molecule has 0 saturated heterocycles. The van der Waals surface area contributed by atoms with Gasteiger partial charge < -0.3 is 15.3 Å². The SMILES string of the molecule is CC=O.CCC(C)C.COc1cc(-n2c(=O)n(-c3cccc(C)c3)c3ncnc(N)c32)ccc1C. The molecule has 2 N–H and O–H groups in total. The first kappa shape index (κ1) is 27.3. The maximum absolute atomic E-state index is 13.4. The van der Waals surface area contributed by atoms with E-state index in [1.807, 2.05) is 56.3 Å². The molecule has 2 aromatic carbocycles. The van der Waals surface area contributed by atoms with Crippen LogP contribution in [0, 0.1) is 19.8 Å². The van der Waals surface area contributed by atoms with E-state index in [9.17, 15) is 4.79 Å². The van der Waals surface area contributed by atoms with Gasteiger partial charge >= 0.3 is 5.69 Å². The first-order chi connectivity index (χ1) is 16.7. The molecule has 8 heteroatoms. The lowest BCUT2D eigenvalue weighted by molar-refractivity contribution is -0.106. The van der Waals surface area contributed by atoms with E-state index in [2.05, 4.69) is 30.7 Å². The van der Waals surface area contributed by atoms with Gasteiger partial charge in [-0.15, -0.1) is 0 Å². The van der Waals surface area contributed by atoms with E-state index in [4.69, 9.17) is 15.3 Å². The third kappa shape index (κ3) is 6.35. The van der Waals surface area contributed by atoms with Crippen LogP contribution in [0.1, 0.15) is 45.2 Å². The number of nitrogens with two attached hydrogens (primary N) is 1. The van der Waals surface area contributed by atoms with E-state index in [1.54, 1.807) is 11.7 Å². The van der Waals surface area contributed by atoms with Gasteiger partial charge in [-0.05, 0) is 56.0 Å². The Kier molecular flexibility index (Phi) is 9.75. The number of hydrogen-bond donors (Lipinski definition) is 1. The normalized spacial score (nSPS) is 10.3. The Labute approximate surface area is 206 Å². The van der Waals surface area contributed by atoms with E-state index in [1.165, 1.54) is 24.2 Å². The molecule has 8 nitrogen and oxygen atoms in total. The summed E-state index contributed by atoms with van der Waals surface area (Å²) in [6, 6.07) is 13.2. The largest absolute Gasteiger partial charge is 0.496 e. The Morgan fingerprint density at radius 2 is 1.69 bits per heavy atom. The Morgan fingerprint density at radius 1 is 1.06 bits per heavy atom. The summed E-state index contributed by atoms with van der Waals surface area (Å²) in [7, 11) is 1.60. The minimum absolute atomic E-state index is 0.239. The summed E-state index contributed by atoms with van der Waals surface area (Å²) in [5.74, 6) is 1.81. The fourth-order valence-corrected chi connectivity index (χ4v) is 3.23. The van der Waals surface area contributed by atoms with Gasteiger partial charge in [0.05, 0.1) is 18.5 Å². The molecule has 0 saturated carbocycles. The van der Waals surface area contributed by atoms with E-state index < -0.39 is 0 Å². The molecule has 0 fully saturated rings. The zero-order valence-corrected chi connectivity index (χ0v) is 21.6. The molecular formula is C27H35N5O3. The van der Waals surface area contributed by atoms with Gasteiger partial charge in [0.1, 0.15) is 23.9 Å². The number of methoxy groups -OCH3 is 1. The smallest absolute Gasteiger partial charge is 0.339 e. The Morgan fingerprint density at radius 3 is 2.26 bits per heavy atom. The average molecular weight is 478 g/mol. The Hall–Kier alpha value is -3.94. The molecule has 0 aliphatic rings. The van der Waals surface area contributed by atoms with E-state index in [0.717, 1.165) is 29.0 Å². The molecule has 0 unspecified atom stereocenters. The van der Waals surface area contributed by atoms with E-state index >= 15 is 0 Å². The van der Waals surface area contributed by atoms with Gasteiger partial charge in [-0.3, -0.25) is 4.57 Å². The molecule has 0 aliphatic carbocycles. The minimum atomic E-state index is -0.270. The first-order valence-corrected chi connectivity index (χ1v) is 11.6. The second kappa shape index (κ2) is 12.5. The van der Waals surface area contributed by atoms with E-state index in [-0.39, 0.29) is 11.5 Å². The number of nitrogen functional groups attached to an aromatic ring is 1. The van der Waals surface area contributed by atoms with Crippen molar-refractivity contribution in [3.8, 4) is 17.1 Å². The van der Waals surface area contributed by atoms with Crippen molar-refractivity contribution in [2.24, 2.45) is 5.92 Å². The van der Waals surface area contributed by atoms with Crippen LogP contribution in [-0.2, 0) is 4.79 Å². The van der Waals surface area contributed by atoms with Gasteiger partial charge in [0.2, 0.25) is 0 Å². The molecule has 0 bridgehead atoms. The third-order valence-corrected chi connectivity index (χ3v) is 5.38. The molecule has 4 rings (SSSR count). The summed E-state index contributed by atoms with van der Waals surface area (Å²) < 4.78 is 8.48. The highest BCUT2D eigenvalue weighted by molar-refractivity contribution is 5.85. The van der Waals surface area contributed by atoms with Crippen molar-refractivity contribution in [3.05, 3.63) is 70.4 Å². The highest BCUT2D eigenvalue weighted by Gasteiger charge is 2.20. The first-order valence-electron chi connectivity index (χ1n) is 11.6. The molecule has 2 aromatic heterocycles. The number of carbonyl (C=O) groups is 1. The molecule has 2 heterocycles.